The Bertz CT molecular complexity index is 239. The Morgan fingerprint density at radius 2 is 2.58 bits per heavy atom. The Morgan fingerprint density at radius 3 is 3.17 bits per heavy atom. The highest BCUT2D eigenvalue weighted by Gasteiger charge is 2.09. The lowest BCUT2D eigenvalue weighted by molar-refractivity contribution is 0.175. The van der Waals surface area contributed by atoms with Crippen LogP contribution in [0.25, 0.3) is 0 Å². The van der Waals surface area contributed by atoms with Crippen molar-refractivity contribution in [2.24, 2.45) is 5.73 Å². The standard InChI is InChI=1S/C7H12N2O2S/c1-11-3-7-9-5(4-12-7)6(10)2-8/h4,6,10H,2-3,8H2,1H3/t6-/m1/s1. The largest absolute Gasteiger partial charge is 0.385 e. The number of nitrogens with zero attached hydrogens (tertiary/aromatic N) is 1. The van der Waals surface area contributed by atoms with Crippen LogP contribution in [0.15, 0.2) is 5.38 Å². The molecule has 0 saturated heterocycles. The van der Waals surface area contributed by atoms with Crippen molar-refractivity contribution in [2.75, 3.05) is 13.7 Å². The number of ether oxygens (including phenoxy) is 1. The maximum absolute atomic E-state index is 9.29. The number of hydrogen-bond acceptors (Lipinski definition) is 5. The molecule has 3 N–H and O–H groups in total. The van der Waals surface area contributed by atoms with Crippen molar-refractivity contribution in [3.63, 3.8) is 0 Å². The number of rotatable bonds is 4. The second-order valence-corrected chi connectivity index (χ2v) is 3.29. The number of aromatic nitrogens is 1. The van der Waals surface area contributed by atoms with E-state index in [-0.39, 0.29) is 6.54 Å². The van der Waals surface area contributed by atoms with E-state index in [1.807, 2.05) is 0 Å². The first-order valence-electron chi connectivity index (χ1n) is 3.59. The normalized spacial score (nSPS) is 13.2. The SMILES string of the molecule is COCc1nc([C@H](O)CN)cs1. The van der Waals surface area contributed by atoms with Crippen LogP contribution < -0.4 is 5.73 Å². The van der Waals surface area contributed by atoms with Gasteiger partial charge in [-0.05, 0) is 0 Å². The summed E-state index contributed by atoms with van der Waals surface area (Å²) in [5, 5.41) is 11.9. The van der Waals surface area contributed by atoms with Crippen molar-refractivity contribution in [2.45, 2.75) is 12.7 Å². The first-order valence-corrected chi connectivity index (χ1v) is 4.47. The van der Waals surface area contributed by atoms with Gasteiger partial charge in [0.15, 0.2) is 0 Å². The summed E-state index contributed by atoms with van der Waals surface area (Å²) >= 11 is 1.47. The van der Waals surface area contributed by atoms with Crippen LogP contribution in [0, 0.1) is 0 Å². The van der Waals surface area contributed by atoms with E-state index < -0.39 is 6.10 Å². The fourth-order valence-corrected chi connectivity index (χ4v) is 1.60. The van der Waals surface area contributed by atoms with Crippen LogP contribution in [0.2, 0.25) is 0 Å². The van der Waals surface area contributed by atoms with Crippen molar-refractivity contribution < 1.29 is 9.84 Å². The van der Waals surface area contributed by atoms with E-state index in [0.29, 0.717) is 12.3 Å². The predicted molar refractivity (Wildman–Crippen MR) is 46.8 cm³/mol. The van der Waals surface area contributed by atoms with Gasteiger partial charge in [0.2, 0.25) is 0 Å². The molecular weight excluding hydrogens is 176 g/mol. The van der Waals surface area contributed by atoms with Crippen LogP contribution >= 0.6 is 11.3 Å². The molecule has 68 valence electrons. The molecule has 0 fully saturated rings. The highest BCUT2D eigenvalue weighted by Crippen LogP contribution is 2.16. The minimum Gasteiger partial charge on any atom is -0.385 e. The zero-order valence-corrected chi connectivity index (χ0v) is 7.67. The number of nitrogens with two attached hydrogens (primary N) is 1. The zero-order valence-electron chi connectivity index (χ0n) is 6.86. The van der Waals surface area contributed by atoms with Crippen LogP contribution in [0.1, 0.15) is 16.8 Å². The second-order valence-electron chi connectivity index (χ2n) is 2.35. The lowest BCUT2D eigenvalue weighted by Gasteiger charge is -2.01. The van der Waals surface area contributed by atoms with Gasteiger partial charge in [-0.25, -0.2) is 4.98 Å². The lowest BCUT2D eigenvalue weighted by Crippen LogP contribution is -2.11. The van der Waals surface area contributed by atoms with E-state index >= 15 is 0 Å². The highest BCUT2D eigenvalue weighted by molar-refractivity contribution is 7.09. The number of thiazole rings is 1. The number of aliphatic hydroxyl groups is 1. The van der Waals surface area contributed by atoms with Gasteiger partial charge in [-0.2, -0.15) is 0 Å². The van der Waals surface area contributed by atoms with Gasteiger partial charge in [-0.3, -0.25) is 0 Å². The molecule has 1 atom stereocenters. The van der Waals surface area contributed by atoms with Gasteiger partial charge >= 0.3 is 0 Å². The van der Waals surface area contributed by atoms with Gasteiger partial charge in [0, 0.05) is 19.0 Å². The van der Waals surface area contributed by atoms with E-state index in [9.17, 15) is 5.11 Å². The number of methoxy groups -OCH3 is 1. The van der Waals surface area contributed by atoms with Gasteiger partial charge in [-0.15, -0.1) is 11.3 Å². The Morgan fingerprint density at radius 1 is 1.83 bits per heavy atom. The molecule has 0 spiro atoms. The molecule has 1 rings (SSSR count). The summed E-state index contributed by atoms with van der Waals surface area (Å²) in [6, 6.07) is 0. The maximum atomic E-state index is 9.29. The summed E-state index contributed by atoms with van der Waals surface area (Å²) < 4.78 is 4.89. The fourth-order valence-electron chi connectivity index (χ4n) is 0.789. The third-order valence-corrected chi connectivity index (χ3v) is 2.24. The highest BCUT2D eigenvalue weighted by atomic mass is 32.1. The second kappa shape index (κ2) is 4.51. The maximum Gasteiger partial charge on any atom is 0.119 e. The van der Waals surface area contributed by atoms with Crippen LogP contribution in [0.3, 0.4) is 0 Å². The molecule has 0 amide bonds. The van der Waals surface area contributed by atoms with E-state index in [0.717, 1.165) is 5.01 Å². The molecular formula is C7H12N2O2S. The summed E-state index contributed by atoms with van der Waals surface area (Å²) in [5.74, 6) is 0. The topological polar surface area (TPSA) is 68.4 Å². The minimum absolute atomic E-state index is 0.205. The van der Waals surface area contributed by atoms with Crippen molar-refractivity contribution in [3.05, 3.63) is 16.1 Å². The third kappa shape index (κ3) is 2.25. The average molecular weight is 188 g/mol. The fraction of sp³-hybridized carbons (Fsp3) is 0.571. The lowest BCUT2D eigenvalue weighted by atomic mass is 10.3. The summed E-state index contributed by atoms with van der Waals surface area (Å²) in [4.78, 5) is 4.13. The van der Waals surface area contributed by atoms with Crippen LogP contribution in [0.5, 0.6) is 0 Å². The molecule has 0 aliphatic carbocycles. The Labute approximate surface area is 75.0 Å². The van der Waals surface area contributed by atoms with Crippen molar-refractivity contribution in [1.82, 2.24) is 4.98 Å². The van der Waals surface area contributed by atoms with Crippen LogP contribution in [-0.2, 0) is 11.3 Å². The summed E-state index contributed by atoms with van der Waals surface area (Å²) in [7, 11) is 1.61. The first-order chi connectivity index (χ1) is 5.77. The molecule has 0 radical (unpaired) electrons. The molecule has 12 heavy (non-hydrogen) atoms. The quantitative estimate of drug-likeness (QED) is 0.712. The zero-order chi connectivity index (χ0) is 8.97. The van der Waals surface area contributed by atoms with Gasteiger partial charge < -0.3 is 15.6 Å². The van der Waals surface area contributed by atoms with Gasteiger partial charge in [0.1, 0.15) is 11.1 Å². The number of aliphatic hydroxyl groups excluding tert-OH is 1. The molecule has 0 aliphatic rings. The van der Waals surface area contributed by atoms with E-state index in [4.69, 9.17) is 10.5 Å². The molecule has 1 aromatic heterocycles. The molecule has 0 saturated carbocycles. The minimum atomic E-state index is -0.646. The van der Waals surface area contributed by atoms with Crippen LogP contribution in [0.4, 0.5) is 0 Å². The molecule has 1 aromatic rings. The average Bonchev–Trinajstić information content (AvgIpc) is 2.52. The van der Waals surface area contributed by atoms with E-state index in [1.165, 1.54) is 11.3 Å². The molecule has 1 heterocycles. The molecule has 0 unspecified atom stereocenters. The van der Waals surface area contributed by atoms with E-state index in [1.54, 1.807) is 12.5 Å². The molecule has 4 nitrogen and oxygen atoms in total. The first kappa shape index (κ1) is 9.60. The van der Waals surface area contributed by atoms with Crippen molar-refractivity contribution >= 4 is 11.3 Å². The van der Waals surface area contributed by atoms with Gasteiger partial charge in [0.25, 0.3) is 0 Å². The van der Waals surface area contributed by atoms with Crippen molar-refractivity contribution in [3.8, 4) is 0 Å². The smallest absolute Gasteiger partial charge is 0.119 e. The Balaban J connectivity index is 2.63. The molecule has 5 heteroatoms. The van der Waals surface area contributed by atoms with E-state index in [2.05, 4.69) is 4.98 Å². The molecule has 0 aliphatic heterocycles. The third-order valence-electron chi connectivity index (χ3n) is 1.40. The predicted octanol–water partition coefficient (Wildman–Crippen LogP) is 0.282. The van der Waals surface area contributed by atoms with Gasteiger partial charge in [-0.1, -0.05) is 0 Å². The Hall–Kier alpha value is -0.490. The summed E-state index contributed by atoms with van der Waals surface area (Å²) in [6.07, 6.45) is -0.646. The molecule has 0 aromatic carbocycles. The Kier molecular flexibility index (Phi) is 3.61. The van der Waals surface area contributed by atoms with Gasteiger partial charge in [0.05, 0.1) is 12.3 Å². The summed E-state index contributed by atoms with van der Waals surface area (Å²) in [5.41, 5.74) is 5.90. The monoisotopic (exact) mass is 188 g/mol. The van der Waals surface area contributed by atoms with Crippen LogP contribution in [-0.4, -0.2) is 23.7 Å². The molecule has 0 bridgehead atoms. The number of hydrogen-bond donors (Lipinski definition) is 2. The van der Waals surface area contributed by atoms with Crippen molar-refractivity contribution in [1.29, 1.82) is 0 Å². The summed E-state index contributed by atoms with van der Waals surface area (Å²) in [6.45, 7) is 0.693.